The summed E-state index contributed by atoms with van der Waals surface area (Å²) in [5.74, 6) is 0.547. The fourth-order valence-corrected chi connectivity index (χ4v) is 3.19. The van der Waals surface area contributed by atoms with Crippen LogP contribution in [-0.4, -0.2) is 33.2 Å². The van der Waals surface area contributed by atoms with Gasteiger partial charge in [0.25, 0.3) is 0 Å². The number of hydrogen-bond acceptors (Lipinski definition) is 6. The van der Waals surface area contributed by atoms with Gasteiger partial charge < -0.3 is 5.32 Å². The van der Waals surface area contributed by atoms with Gasteiger partial charge in [0.15, 0.2) is 5.16 Å². The molecule has 0 aliphatic heterocycles. The first-order valence-corrected chi connectivity index (χ1v) is 8.52. The van der Waals surface area contributed by atoms with Crippen molar-refractivity contribution in [3.05, 3.63) is 34.0 Å². The summed E-state index contributed by atoms with van der Waals surface area (Å²) >= 11 is 2.98. The Hall–Kier alpha value is -1.47. The van der Waals surface area contributed by atoms with E-state index in [9.17, 15) is 4.79 Å². The summed E-state index contributed by atoms with van der Waals surface area (Å²) < 4.78 is 0. The van der Waals surface area contributed by atoms with Gasteiger partial charge in [-0.25, -0.2) is 15.0 Å². The zero-order chi connectivity index (χ0) is 15.2. The smallest absolute Gasteiger partial charge is 0.230 e. The minimum absolute atomic E-state index is 0.00904. The van der Waals surface area contributed by atoms with Crippen molar-refractivity contribution in [2.24, 2.45) is 0 Å². The van der Waals surface area contributed by atoms with Crippen molar-refractivity contribution in [3.8, 4) is 0 Å². The molecule has 1 atom stereocenters. The third-order valence-electron chi connectivity index (χ3n) is 2.77. The van der Waals surface area contributed by atoms with E-state index in [0.717, 1.165) is 16.4 Å². The molecule has 0 aliphatic rings. The molecule has 2 heterocycles. The maximum absolute atomic E-state index is 11.8. The Morgan fingerprint density at radius 1 is 1.38 bits per heavy atom. The molecule has 0 radical (unpaired) electrons. The second-order valence-electron chi connectivity index (χ2n) is 4.80. The van der Waals surface area contributed by atoms with Crippen molar-refractivity contribution in [1.82, 2.24) is 20.3 Å². The molecule has 21 heavy (non-hydrogen) atoms. The SMILES string of the molecule is Cc1ccnc(SCC(=O)NCC(C)c2nc(C)cs2)n1. The monoisotopic (exact) mass is 322 g/mol. The van der Waals surface area contributed by atoms with Crippen LogP contribution in [0.15, 0.2) is 22.8 Å². The van der Waals surface area contributed by atoms with Crippen LogP contribution in [0.1, 0.15) is 29.2 Å². The van der Waals surface area contributed by atoms with Crippen molar-refractivity contribution >= 4 is 29.0 Å². The predicted octanol–water partition coefficient (Wildman–Crippen LogP) is 2.56. The molecule has 0 aliphatic carbocycles. The third-order valence-corrected chi connectivity index (χ3v) is 4.82. The fraction of sp³-hybridized carbons (Fsp3) is 0.429. The highest BCUT2D eigenvalue weighted by Crippen LogP contribution is 2.19. The molecule has 2 aromatic rings. The summed E-state index contributed by atoms with van der Waals surface area (Å²) in [7, 11) is 0. The first-order valence-electron chi connectivity index (χ1n) is 6.66. The number of nitrogens with one attached hydrogen (secondary N) is 1. The Morgan fingerprint density at radius 2 is 2.19 bits per heavy atom. The number of aryl methyl sites for hydroxylation is 2. The maximum atomic E-state index is 11.8. The van der Waals surface area contributed by atoms with Crippen LogP contribution < -0.4 is 5.32 Å². The molecule has 0 bridgehead atoms. The Bertz CT molecular complexity index is 615. The van der Waals surface area contributed by atoms with Gasteiger partial charge in [-0.3, -0.25) is 4.79 Å². The van der Waals surface area contributed by atoms with E-state index in [2.05, 4.69) is 27.2 Å². The van der Waals surface area contributed by atoms with Crippen LogP contribution in [0.2, 0.25) is 0 Å². The number of carbonyl (C=O) groups excluding carboxylic acids is 1. The minimum atomic E-state index is -0.00904. The lowest BCUT2D eigenvalue weighted by Gasteiger charge is -2.09. The van der Waals surface area contributed by atoms with Gasteiger partial charge >= 0.3 is 0 Å². The molecule has 112 valence electrons. The molecule has 0 aromatic carbocycles. The molecule has 0 saturated carbocycles. The highest BCUT2D eigenvalue weighted by molar-refractivity contribution is 7.99. The van der Waals surface area contributed by atoms with Crippen LogP contribution in [0, 0.1) is 13.8 Å². The van der Waals surface area contributed by atoms with Gasteiger partial charge in [0.1, 0.15) is 0 Å². The Balaban J connectivity index is 1.75. The van der Waals surface area contributed by atoms with Crippen molar-refractivity contribution in [2.75, 3.05) is 12.3 Å². The first kappa shape index (κ1) is 15.9. The number of nitrogens with zero attached hydrogens (tertiary/aromatic N) is 3. The van der Waals surface area contributed by atoms with E-state index in [1.165, 1.54) is 11.8 Å². The molecule has 7 heteroatoms. The molecule has 1 N–H and O–H groups in total. The van der Waals surface area contributed by atoms with Crippen molar-refractivity contribution in [2.45, 2.75) is 31.8 Å². The van der Waals surface area contributed by atoms with Crippen LogP contribution in [0.25, 0.3) is 0 Å². The van der Waals surface area contributed by atoms with E-state index >= 15 is 0 Å². The molecule has 2 rings (SSSR count). The maximum Gasteiger partial charge on any atom is 0.230 e. The Kier molecular flexibility index (Phi) is 5.69. The summed E-state index contributed by atoms with van der Waals surface area (Å²) in [5.41, 5.74) is 1.93. The summed E-state index contributed by atoms with van der Waals surface area (Å²) in [6, 6.07) is 1.84. The number of rotatable bonds is 6. The van der Waals surface area contributed by atoms with Gasteiger partial charge in [0, 0.05) is 35.4 Å². The minimum Gasteiger partial charge on any atom is -0.355 e. The van der Waals surface area contributed by atoms with Gasteiger partial charge in [-0.05, 0) is 19.9 Å². The van der Waals surface area contributed by atoms with Crippen molar-refractivity contribution < 1.29 is 4.79 Å². The molecule has 0 fully saturated rings. The summed E-state index contributed by atoms with van der Waals surface area (Å²) in [6.45, 7) is 6.55. The number of thiazole rings is 1. The lowest BCUT2D eigenvalue weighted by molar-refractivity contribution is -0.118. The van der Waals surface area contributed by atoms with Crippen LogP contribution >= 0.6 is 23.1 Å². The first-order chi connectivity index (χ1) is 10.0. The Labute approximate surface area is 132 Å². The second-order valence-corrected chi connectivity index (χ2v) is 6.63. The van der Waals surface area contributed by atoms with E-state index in [1.54, 1.807) is 17.5 Å². The number of aromatic nitrogens is 3. The second kappa shape index (κ2) is 7.51. The van der Waals surface area contributed by atoms with Crippen molar-refractivity contribution in [1.29, 1.82) is 0 Å². The van der Waals surface area contributed by atoms with Crippen LogP contribution in [-0.2, 0) is 4.79 Å². The summed E-state index contributed by atoms with van der Waals surface area (Å²) in [4.78, 5) is 24.6. The molecule has 1 unspecified atom stereocenters. The summed E-state index contributed by atoms with van der Waals surface area (Å²) in [6.07, 6.45) is 1.70. The van der Waals surface area contributed by atoms with E-state index in [0.29, 0.717) is 17.5 Å². The van der Waals surface area contributed by atoms with Gasteiger partial charge in [-0.2, -0.15) is 0 Å². The zero-order valence-corrected chi connectivity index (χ0v) is 13.9. The molecule has 5 nitrogen and oxygen atoms in total. The fourth-order valence-electron chi connectivity index (χ4n) is 1.63. The van der Waals surface area contributed by atoms with Crippen molar-refractivity contribution in [3.63, 3.8) is 0 Å². The van der Waals surface area contributed by atoms with E-state index in [-0.39, 0.29) is 11.8 Å². The van der Waals surface area contributed by atoms with Crippen LogP contribution in [0.5, 0.6) is 0 Å². The highest BCUT2D eigenvalue weighted by atomic mass is 32.2. The largest absolute Gasteiger partial charge is 0.355 e. The molecule has 0 spiro atoms. The van der Waals surface area contributed by atoms with E-state index in [4.69, 9.17) is 0 Å². The van der Waals surface area contributed by atoms with Gasteiger partial charge in [0.05, 0.1) is 10.8 Å². The average molecular weight is 322 g/mol. The quantitative estimate of drug-likeness (QED) is 0.654. The number of amides is 1. The standard InChI is InChI=1S/C14H18N4OS2/c1-9(13-17-11(3)7-20-13)6-16-12(19)8-21-14-15-5-4-10(2)18-14/h4-5,7,9H,6,8H2,1-3H3,(H,16,19). The molecule has 1 amide bonds. The van der Waals surface area contributed by atoms with E-state index < -0.39 is 0 Å². The Morgan fingerprint density at radius 3 is 2.86 bits per heavy atom. The number of thioether (sulfide) groups is 1. The number of carbonyl (C=O) groups is 1. The average Bonchev–Trinajstić information content (AvgIpc) is 2.89. The highest BCUT2D eigenvalue weighted by Gasteiger charge is 2.11. The van der Waals surface area contributed by atoms with Gasteiger partial charge in [0.2, 0.25) is 5.91 Å². The number of hydrogen-bond donors (Lipinski definition) is 1. The molecule has 2 aromatic heterocycles. The lowest BCUT2D eigenvalue weighted by atomic mass is 10.2. The van der Waals surface area contributed by atoms with Crippen LogP contribution in [0.3, 0.4) is 0 Å². The van der Waals surface area contributed by atoms with Gasteiger partial charge in [-0.1, -0.05) is 18.7 Å². The molecule has 0 saturated heterocycles. The molecular weight excluding hydrogens is 304 g/mol. The predicted molar refractivity (Wildman–Crippen MR) is 85.8 cm³/mol. The normalized spacial score (nSPS) is 12.1. The van der Waals surface area contributed by atoms with Gasteiger partial charge in [-0.15, -0.1) is 11.3 Å². The lowest BCUT2D eigenvalue weighted by Crippen LogP contribution is -2.29. The topological polar surface area (TPSA) is 67.8 Å². The zero-order valence-electron chi connectivity index (χ0n) is 12.3. The third kappa shape index (κ3) is 5.09. The summed E-state index contributed by atoms with van der Waals surface area (Å²) in [5, 5.41) is 6.64. The van der Waals surface area contributed by atoms with E-state index in [1.807, 2.05) is 25.3 Å². The van der Waals surface area contributed by atoms with Crippen LogP contribution in [0.4, 0.5) is 0 Å². The molecular formula is C14H18N4OS2.